The molecule has 0 aliphatic carbocycles. The van der Waals surface area contributed by atoms with E-state index in [0.717, 1.165) is 18.6 Å². The summed E-state index contributed by atoms with van der Waals surface area (Å²) in [5.41, 5.74) is 1.53. The molecule has 0 saturated carbocycles. The van der Waals surface area contributed by atoms with E-state index >= 15 is 0 Å². The van der Waals surface area contributed by atoms with E-state index in [1.807, 2.05) is 36.4 Å². The average molecular weight is 479 g/mol. The summed E-state index contributed by atoms with van der Waals surface area (Å²) in [5.74, 6) is 1.06. The Balaban J connectivity index is 2.27. The van der Waals surface area contributed by atoms with Gasteiger partial charge in [0.25, 0.3) is 0 Å². The Hall–Kier alpha value is -0.830. The van der Waals surface area contributed by atoms with Crippen molar-refractivity contribution in [1.82, 2.24) is 0 Å². The van der Waals surface area contributed by atoms with Gasteiger partial charge in [-0.05, 0) is 81.6 Å². The van der Waals surface area contributed by atoms with E-state index in [1.165, 1.54) is 0 Å². The molecule has 1 N–H and O–H groups in total. The highest BCUT2D eigenvalue weighted by atomic mass is 127. The highest BCUT2D eigenvalue weighted by Crippen LogP contribution is 2.26. The summed E-state index contributed by atoms with van der Waals surface area (Å²) >= 11 is 4.32. The third-order valence-corrected chi connectivity index (χ3v) is 3.93. The van der Waals surface area contributed by atoms with E-state index in [4.69, 9.17) is 4.74 Å². The van der Waals surface area contributed by atoms with Crippen molar-refractivity contribution < 1.29 is 9.84 Å². The maximum absolute atomic E-state index is 9.96. The van der Waals surface area contributed by atoms with E-state index < -0.39 is 0 Å². The van der Waals surface area contributed by atoms with Crippen LogP contribution in [-0.2, 0) is 0 Å². The van der Waals surface area contributed by atoms with Crippen molar-refractivity contribution in [3.05, 3.63) is 49.1 Å². The number of methoxy groups -OCH3 is 1. The molecule has 19 heavy (non-hydrogen) atoms. The Morgan fingerprint density at radius 3 is 2.47 bits per heavy atom. The number of benzene rings is 2. The van der Waals surface area contributed by atoms with E-state index in [1.54, 1.807) is 13.3 Å². The van der Waals surface area contributed by atoms with Crippen LogP contribution in [0.1, 0.15) is 5.56 Å². The molecule has 0 aliphatic heterocycles. The Morgan fingerprint density at radius 1 is 1.16 bits per heavy atom. The SMILES string of the molecule is COc1ccc(N=Cc2cc(I)cc(I)c2O)cc1. The molecule has 2 aromatic rings. The van der Waals surface area contributed by atoms with Gasteiger partial charge in [0.1, 0.15) is 11.5 Å². The summed E-state index contributed by atoms with van der Waals surface area (Å²) in [6.45, 7) is 0. The van der Waals surface area contributed by atoms with Gasteiger partial charge in [-0.3, -0.25) is 4.99 Å². The zero-order chi connectivity index (χ0) is 13.8. The zero-order valence-corrected chi connectivity index (χ0v) is 14.4. The zero-order valence-electron chi connectivity index (χ0n) is 10.1. The van der Waals surface area contributed by atoms with Crippen molar-refractivity contribution in [2.45, 2.75) is 0 Å². The third kappa shape index (κ3) is 3.82. The number of phenols is 1. The van der Waals surface area contributed by atoms with Gasteiger partial charge < -0.3 is 9.84 Å². The Morgan fingerprint density at radius 2 is 1.84 bits per heavy atom. The van der Waals surface area contributed by atoms with Crippen LogP contribution in [0.3, 0.4) is 0 Å². The second kappa shape index (κ2) is 6.56. The molecule has 0 heterocycles. The minimum atomic E-state index is 0.262. The van der Waals surface area contributed by atoms with E-state index in [0.29, 0.717) is 5.56 Å². The van der Waals surface area contributed by atoms with Crippen LogP contribution >= 0.6 is 45.2 Å². The first-order valence-corrected chi connectivity index (χ1v) is 7.62. The maximum atomic E-state index is 9.96. The van der Waals surface area contributed by atoms with Gasteiger partial charge in [0.05, 0.1) is 16.4 Å². The maximum Gasteiger partial charge on any atom is 0.137 e. The summed E-state index contributed by atoms with van der Waals surface area (Å²) < 4.78 is 6.97. The van der Waals surface area contributed by atoms with Crippen LogP contribution in [0.15, 0.2) is 41.4 Å². The number of nitrogens with zero attached hydrogens (tertiary/aromatic N) is 1. The molecule has 0 aromatic heterocycles. The fourth-order valence-electron chi connectivity index (χ4n) is 1.50. The Kier molecular flexibility index (Phi) is 5.03. The predicted octanol–water partition coefficient (Wildman–Crippen LogP) is 4.36. The molecule has 5 heteroatoms. The minimum absolute atomic E-state index is 0.262. The van der Waals surface area contributed by atoms with Crippen molar-refractivity contribution >= 4 is 57.1 Å². The molecule has 0 saturated heterocycles. The minimum Gasteiger partial charge on any atom is -0.506 e. The molecule has 0 atom stereocenters. The van der Waals surface area contributed by atoms with Crippen molar-refractivity contribution in [3.63, 3.8) is 0 Å². The number of ether oxygens (including phenoxy) is 1. The van der Waals surface area contributed by atoms with Crippen LogP contribution in [0, 0.1) is 7.14 Å². The third-order valence-electron chi connectivity index (χ3n) is 2.48. The van der Waals surface area contributed by atoms with Crippen LogP contribution in [0.2, 0.25) is 0 Å². The smallest absolute Gasteiger partial charge is 0.137 e. The first-order chi connectivity index (χ1) is 9.10. The summed E-state index contributed by atoms with van der Waals surface area (Å²) in [6, 6.07) is 11.2. The molecule has 0 unspecified atom stereocenters. The molecule has 0 fully saturated rings. The molecular formula is C14H11I2NO2. The number of hydrogen-bond donors (Lipinski definition) is 1. The summed E-state index contributed by atoms with van der Waals surface area (Å²) in [6.07, 6.45) is 1.67. The second-order valence-corrected chi connectivity index (χ2v) is 6.19. The van der Waals surface area contributed by atoms with Crippen LogP contribution in [0.4, 0.5) is 5.69 Å². The largest absolute Gasteiger partial charge is 0.506 e. The van der Waals surface area contributed by atoms with Crippen molar-refractivity contribution in [2.24, 2.45) is 4.99 Å². The molecular weight excluding hydrogens is 468 g/mol. The van der Waals surface area contributed by atoms with E-state index in [9.17, 15) is 5.11 Å². The molecule has 0 aliphatic rings. The lowest BCUT2D eigenvalue weighted by molar-refractivity contribution is 0.415. The van der Waals surface area contributed by atoms with E-state index in [-0.39, 0.29) is 5.75 Å². The summed E-state index contributed by atoms with van der Waals surface area (Å²) in [7, 11) is 1.63. The lowest BCUT2D eigenvalue weighted by atomic mass is 10.2. The highest BCUT2D eigenvalue weighted by Gasteiger charge is 2.05. The summed E-state index contributed by atoms with van der Waals surface area (Å²) in [5, 5.41) is 9.96. The number of phenolic OH excluding ortho intramolecular Hbond substituents is 1. The van der Waals surface area contributed by atoms with Crippen molar-refractivity contribution in [2.75, 3.05) is 7.11 Å². The molecule has 0 radical (unpaired) electrons. The molecule has 2 rings (SSSR count). The van der Waals surface area contributed by atoms with Gasteiger partial charge in [-0.1, -0.05) is 0 Å². The van der Waals surface area contributed by atoms with Gasteiger partial charge in [-0.25, -0.2) is 0 Å². The molecule has 3 nitrogen and oxygen atoms in total. The molecule has 0 bridgehead atoms. The van der Waals surface area contributed by atoms with E-state index in [2.05, 4.69) is 50.2 Å². The number of aliphatic imine (C=N–C) groups is 1. The number of halogens is 2. The average Bonchev–Trinajstić information content (AvgIpc) is 2.41. The van der Waals surface area contributed by atoms with Gasteiger partial charge in [-0.2, -0.15) is 0 Å². The number of hydrogen-bond acceptors (Lipinski definition) is 3. The fraction of sp³-hybridized carbons (Fsp3) is 0.0714. The van der Waals surface area contributed by atoms with Crippen LogP contribution < -0.4 is 4.74 Å². The predicted molar refractivity (Wildman–Crippen MR) is 93.8 cm³/mol. The number of aromatic hydroxyl groups is 1. The topological polar surface area (TPSA) is 41.8 Å². The van der Waals surface area contributed by atoms with Crippen LogP contribution in [-0.4, -0.2) is 18.4 Å². The quantitative estimate of drug-likeness (QED) is 0.526. The lowest BCUT2D eigenvalue weighted by Crippen LogP contribution is -1.87. The second-order valence-electron chi connectivity index (χ2n) is 3.78. The van der Waals surface area contributed by atoms with Gasteiger partial charge in [0.15, 0.2) is 0 Å². The van der Waals surface area contributed by atoms with Crippen LogP contribution in [0.5, 0.6) is 11.5 Å². The first-order valence-electron chi connectivity index (χ1n) is 5.46. The Bertz CT molecular complexity index is 610. The number of rotatable bonds is 3. The summed E-state index contributed by atoms with van der Waals surface area (Å²) in [4.78, 5) is 4.35. The molecule has 2 aromatic carbocycles. The normalized spacial score (nSPS) is 10.9. The van der Waals surface area contributed by atoms with Crippen LogP contribution in [0.25, 0.3) is 0 Å². The van der Waals surface area contributed by atoms with Gasteiger partial charge in [0.2, 0.25) is 0 Å². The molecule has 98 valence electrons. The standard InChI is InChI=1S/C14H11I2NO2/c1-19-12-4-2-11(3-5-12)17-8-9-6-10(15)7-13(16)14(9)18/h2-8,18H,1H3. The van der Waals surface area contributed by atoms with Gasteiger partial charge >= 0.3 is 0 Å². The Labute approximate surface area is 139 Å². The first kappa shape index (κ1) is 14.6. The van der Waals surface area contributed by atoms with Crippen molar-refractivity contribution in [3.8, 4) is 11.5 Å². The lowest BCUT2D eigenvalue weighted by Gasteiger charge is -2.03. The monoisotopic (exact) mass is 479 g/mol. The van der Waals surface area contributed by atoms with Gasteiger partial charge in [0, 0.05) is 15.3 Å². The highest BCUT2D eigenvalue weighted by molar-refractivity contribution is 14.1. The fourth-order valence-corrected chi connectivity index (χ4v) is 3.39. The van der Waals surface area contributed by atoms with Gasteiger partial charge in [-0.15, -0.1) is 0 Å². The van der Waals surface area contributed by atoms with Crippen molar-refractivity contribution in [1.29, 1.82) is 0 Å². The molecule has 0 amide bonds. The molecule has 0 spiro atoms.